The SMILES string of the molecule is CC(C)CCC[C@@H](C)[C@H]1CC[C@H]2[C@@H]3CC[C@H]4C[C@@H](CCC=C(c5cc(Cl)c(O)c(C(=O)NC(CC(=O)O)C(=O)O)c5)c5cc(Cl)c(O)c(C(=O)NC(CC(=O)O)C(=O)O)c5)CC[C@]4(C)[C@H]3CC[C@]12C. The summed E-state index contributed by atoms with van der Waals surface area (Å²) in [5.74, 6) is -4.31. The Morgan fingerprint density at radius 3 is 1.72 bits per heavy atom. The normalized spacial score (nSPS) is 27.4. The molecule has 2 aromatic carbocycles. The number of benzene rings is 2. The fourth-order valence-electron chi connectivity index (χ4n) is 13.6. The Morgan fingerprint density at radius 2 is 1.22 bits per heavy atom. The first kappa shape index (κ1) is 53.5. The Labute approximate surface area is 414 Å². The molecule has 14 nitrogen and oxygen atoms in total. The summed E-state index contributed by atoms with van der Waals surface area (Å²) in [4.78, 5) is 73.5. The van der Waals surface area contributed by atoms with Crippen LogP contribution in [0.5, 0.6) is 11.5 Å². The second-order valence-corrected chi connectivity index (χ2v) is 22.5. The molecule has 4 aliphatic carbocycles. The number of carbonyl (C=O) groups excluding carboxylic acids is 2. The van der Waals surface area contributed by atoms with E-state index in [0.717, 1.165) is 61.2 Å². The maximum absolute atomic E-state index is 13.5. The number of nitrogens with one attached hydrogen (secondary N) is 2. The summed E-state index contributed by atoms with van der Waals surface area (Å²) >= 11 is 13.0. The quantitative estimate of drug-likeness (QED) is 0.0617. The number of phenols is 2. The van der Waals surface area contributed by atoms with Crippen molar-refractivity contribution in [1.82, 2.24) is 10.6 Å². The second kappa shape index (κ2) is 22.1. The highest BCUT2D eigenvalue weighted by Crippen LogP contribution is 2.69. The van der Waals surface area contributed by atoms with Crippen LogP contribution in [0.1, 0.15) is 169 Å². The molecule has 0 bridgehead atoms. The number of halogens is 2. The molecule has 0 spiro atoms. The number of aliphatic carboxylic acids is 4. The molecule has 2 unspecified atom stereocenters. The van der Waals surface area contributed by atoms with E-state index in [9.17, 15) is 59.4 Å². The highest BCUT2D eigenvalue weighted by molar-refractivity contribution is 6.33. The zero-order valence-corrected chi connectivity index (χ0v) is 41.9. The topological polar surface area (TPSA) is 248 Å². The Kier molecular flexibility index (Phi) is 17.1. The van der Waals surface area contributed by atoms with E-state index < -0.39 is 83.2 Å². The summed E-state index contributed by atoms with van der Waals surface area (Å²) in [6.07, 6.45) is 16.3. The Balaban J connectivity index is 1.26. The van der Waals surface area contributed by atoms with Gasteiger partial charge < -0.3 is 41.3 Å². The first-order chi connectivity index (χ1) is 32.4. The van der Waals surface area contributed by atoms with Crippen molar-refractivity contribution in [1.29, 1.82) is 0 Å². The van der Waals surface area contributed by atoms with E-state index >= 15 is 0 Å². The van der Waals surface area contributed by atoms with Crippen LogP contribution in [0.3, 0.4) is 0 Å². The number of amides is 2. The minimum atomic E-state index is -1.85. The molecule has 2 amide bonds. The standard InChI is InChI=1S/C53H70Cl2N2O12/c1-27(2)8-6-9-28(3)37-14-15-38-34-13-12-32-20-29(16-18-52(32,4)39(34)17-19-53(37,38)5)10-7-11-33(30-21-35(46(62)40(54)23-30)48(64)56-42(50(66)67)25-44(58)59)31-22-36(47(63)41(55)24-31)49(65)57-43(51(68)69)26-45(60)61/h11,21-24,27-29,32,34,37-39,42-43,62-63H,6-10,12-20,25-26H2,1-5H3,(H,56,64)(H,57,65)(H,58,59)(H,60,61)(H,66,67)(H,68,69)/t28-,29+,32+,34+,37-,38+,39+,42?,43?,52+,53-/m1/s1. The third-order valence-electron chi connectivity index (χ3n) is 17.1. The van der Waals surface area contributed by atoms with Crippen molar-refractivity contribution < 1.29 is 59.4 Å². The molecular formula is C53H70Cl2N2O12. The molecule has 0 aromatic heterocycles. The summed E-state index contributed by atoms with van der Waals surface area (Å²) < 4.78 is 0. The highest BCUT2D eigenvalue weighted by Gasteiger charge is 2.60. The lowest BCUT2D eigenvalue weighted by atomic mass is 9.44. The summed E-state index contributed by atoms with van der Waals surface area (Å²) in [5, 5.41) is 63.3. The van der Waals surface area contributed by atoms with E-state index in [1.54, 1.807) is 0 Å². The Bertz CT molecular complexity index is 2230. The number of hydrogen-bond acceptors (Lipinski definition) is 8. The van der Waals surface area contributed by atoms with Gasteiger partial charge in [0.25, 0.3) is 11.8 Å². The number of fused-ring (bicyclic) bond motifs is 5. The molecule has 4 saturated carbocycles. The van der Waals surface area contributed by atoms with Crippen LogP contribution in [0, 0.1) is 58.2 Å². The maximum Gasteiger partial charge on any atom is 0.326 e. The molecule has 16 heteroatoms. The largest absolute Gasteiger partial charge is 0.506 e. The van der Waals surface area contributed by atoms with Crippen LogP contribution in [0.4, 0.5) is 0 Å². The van der Waals surface area contributed by atoms with Gasteiger partial charge >= 0.3 is 23.9 Å². The van der Waals surface area contributed by atoms with Gasteiger partial charge in [-0.15, -0.1) is 0 Å². The van der Waals surface area contributed by atoms with Crippen LogP contribution < -0.4 is 10.6 Å². The lowest BCUT2D eigenvalue weighted by Crippen LogP contribution is -2.53. The minimum absolute atomic E-state index is 0.202. The van der Waals surface area contributed by atoms with Crippen molar-refractivity contribution in [3.63, 3.8) is 0 Å². The molecule has 11 atom stereocenters. The van der Waals surface area contributed by atoms with Gasteiger partial charge in [-0.1, -0.05) is 83.2 Å². The van der Waals surface area contributed by atoms with Gasteiger partial charge in [0.15, 0.2) is 0 Å². The van der Waals surface area contributed by atoms with E-state index in [1.807, 2.05) is 6.08 Å². The van der Waals surface area contributed by atoms with Gasteiger partial charge in [0.1, 0.15) is 23.6 Å². The molecule has 0 heterocycles. The number of carbonyl (C=O) groups is 6. The summed E-state index contributed by atoms with van der Waals surface area (Å²) in [6.45, 7) is 12.4. The van der Waals surface area contributed by atoms with E-state index in [4.69, 9.17) is 23.2 Å². The number of aromatic hydroxyl groups is 2. The van der Waals surface area contributed by atoms with Crippen molar-refractivity contribution in [3.05, 3.63) is 62.6 Å². The molecule has 8 N–H and O–H groups in total. The summed E-state index contributed by atoms with van der Waals surface area (Å²) in [5.41, 5.74) is 0.478. The summed E-state index contributed by atoms with van der Waals surface area (Å²) in [6, 6.07) is 1.46. The monoisotopic (exact) mass is 996 g/mol. The van der Waals surface area contributed by atoms with Gasteiger partial charge in [0.2, 0.25) is 0 Å². The lowest BCUT2D eigenvalue weighted by Gasteiger charge is -2.61. The fraction of sp³-hybridized carbons (Fsp3) is 0.623. The Hall–Kier alpha value is -4.82. The zero-order valence-electron chi connectivity index (χ0n) is 40.4. The number of hydrogen-bond donors (Lipinski definition) is 8. The van der Waals surface area contributed by atoms with Gasteiger partial charge in [-0.2, -0.15) is 0 Å². The van der Waals surface area contributed by atoms with Crippen molar-refractivity contribution >= 4 is 64.5 Å². The molecule has 4 aliphatic rings. The van der Waals surface area contributed by atoms with Gasteiger partial charge in [-0.3, -0.25) is 19.2 Å². The predicted molar refractivity (Wildman–Crippen MR) is 261 cm³/mol. The molecule has 0 aliphatic heterocycles. The van der Waals surface area contributed by atoms with Crippen LogP contribution in [0.25, 0.3) is 5.57 Å². The van der Waals surface area contributed by atoms with E-state index in [-0.39, 0.29) is 26.6 Å². The van der Waals surface area contributed by atoms with Crippen LogP contribution in [0.15, 0.2) is 30.3 Å². The predicted octanol–water partition coefficient (Wildman–Crippen LogP) is 10.7. The number of carboxylic acids is 4. The second-order valence-electron chi connectivity index (χ2n) is 21.7. The van der Waals surface area contributed by atoms with Crippen molar-refractivity contribution in [3.8, 4) is 11.5 Å². The first-order valence-corrected chi connectivity index (χ1v) is 25.5. The van der Waals surface area contributed by atoms with E-state index in [2.05, 4.69) is 45.3 Å². The molecule has 6 rings (SSSR count). The maximum atomic E-state index is 13.5. The van der Waals surface area contributed by atoms with Crippen LogP contribution >= 0.6 is 23.2 Å². The van der Waals surface area contributed by atoms with Crippen molar-refractivity contribution in [2.24, 2.45) is 58.2 Å². The molecule has 69 heavy (non-hydrogen) atoms. The molecule has 2 aromatic rings. The van der Waals surface area contributed by atoms with Crippen LogP contribution in [0.2, 0.25) is 10.0 Å². The van der Waals surface area contributed by atoms with Crippen LogP contribution in [-0.4, -0.2) is 78.4 Å². The minimum Gasteiger partial charge on any atom is -0.506 e. The number of allylic oxidation sites excluding steroid dienone is 1. The Morgan fingerprint density at radius 1 is 0.696 bits per heavy atom. The molecular weight excluding hydrogens is 927 g/mol. The van der Waals surface area contributed by atoms with Gasteiger partial charge in [0, 0.05) is 0 Å². The molecule has 0 saturated heterocycles. The number of rotatable bonds is 20. The number of phenolic OH excluding ortho intramolecular Hbond substituents is 2. The van der Waals surface area contributed by atoms with Gasteiger partial charge in [-0.25, -0.2) is 9.59 Å². The van der Waals surface area contributed by atoms with Gasteiger partial charge in [-0.05, 0) is 170 Å². The van der Waals surface area contributed by atoms with E-state index in [1.165, 1.54) is 82.1 Å². The molecule has 4 fully saturated rings. The third-order valence-corrected chi connectivity index (χ3v) is 17.7. The highest BCUT2D eigenvalue weighted by atomic mass is 35.5. The summed E-state index contributed by atoms with van der Waals surface area (Å²) in [7, 11) is 0. The lowest BCUT2D eigenvalue weighted by molar-refractivity contribution is -0.145. The van der Waals surface area contributed by atoms with E-state index in [0.29, 0.717) is 29.2 Å². The molecule has 0 radical (unpaired) electrons. The average Bonchev–Trinajstić information content (AvgIpc) is 3.63. The first-order valence-electron chi connectivity index (χ1n) is 24.7. The zero-order chi connectivity index (χ0) is 50.7. The van der Waals surface area contributed by atoms with Crippen LogP contribution in [-0.2, 0) is 19.2 Å². The fourth-order valence-corrected chi connectivity index (χ4v) is 14.0. The third kappa shape index (κ3) is 11.9. The van der Waals surface area contributed by atoms with Crippen molar-refractivity contribution in [2.45, 2.75) is 149 Å². The van der Waals surface area contributed by atoms with Gasteiger partial charge in [0.05, 0.1) is 34.0 Å². The smallest absolute Gasteiger partial charge is 0.326 e. The van der Waals surface area contributed by atoms with Crippen molar-refractivity contribution in [2.75, 3.05) is 0 Å². The molecule has 378 valence electrons. The number of carboxylic acid groups (broad SMARTS) is 4. The average molecular weight is 998 g/mol.